The fraction of sp³-hybridized carbons (Fsp3) is 0. The van der Waals surface area contributed by atoms with Gasteiger partial charge in [-0.25, -0.2) is 0 Å². The van der Waals surface area contributed by atoms with Crippen molar-refractivity contribution in [3.05, 3.63) is 60.8 Å². The van der Waals surface area contributed by atoms with Crippen LogP contribution in [-0.4, -0.2) is 4.98 Å². The highest BCUT2D eigenvalue weighted by atomic mass is 14.9. The Morgan fingerprint density at radius 3 is 2.67 bits per heavy atom. The van der Waals surface area contributed by atoms with Gasteiger partial charge in [-0.05, 0) is 42.5 Å². The second-order valence-corrected chi connectivity index (χ2v) is 4.16. The molecule has 0 saturated heterocycles. The summed E-state index contributed by atoms with van der Waals surface area (Å²) < 4.78 is 0. The topological polar surface area (TPSA) is 50.9 Å². The van der Waals surface area contributed by atoms with Crippen molar-refractivity contribution >= 4 is 28.0 Å². The van der Waals surface area contributed by atoms with Gasteiger partial charge in [0.2, 0.25) is 0 Å². The van der Waals surface area contributed by atoms with E-state index in [1.165, 1.54) is 0 Å². The Hall–Kier alpha value is -2.55. The minimum Gasteiger partial charge on any atom is -0.399 e. The molecule has 0 aliphatic heterocycles. The summed E-state index contributed by atoms with van der Waals surface area (Å²) in [6.45, 7) is 0. The molecule has 2 aromatic carbocycles. The van der Waals surface area contributed by atoms with Crippen molar-refractivity contribution in [2.45, 2.75) is 0 Å². The van der Waals surface area contributed by atoms with Gasteiger partial charge in [0.25, 0.3) is 0 Å². The highest BCUT2D eigenvalue weighted by Gasteiger charge is 1.98. The van der Waals surface area contributed by atoms with E-state index in [1.54, 1.807) is 6.20 Å². The summed E-state index contributed by atoms with van der Waals surface area (Å²) >= 11 is 0. The van der Waals surface area contributed by atoms with E-state index in [0.717, 1.165) is 28.0 Å². The molecule has 0 aliphatic rings. The van der Waals surface area contributed by atoms with Gasteiger partial charge in [0.05, 0.1) is 5.52 Å². The highest BCUT2D eigenvalue weighted by Crippen LogP contribution is 2.22. The van der Waals surface area contributed by atoms with Crippen molar-refractivity contribution in [2.24, 2.45) is 0 Å². The number of nitrogen functional groups attached to an aromatic ring is 1. The van der Waals surface area contributed by atoms with Crippen LogP contribution in [0.25, 0.3) is 10.9 Å². The molecule has 3 rings (SSSR count). The standard InChI is InChI=1S/C15H13N3/c16-12-4-1-5-13(10-12)18-14-6-7-15-11(9-14)3-2-8-17-15/h1-10,18H,16H2. The van der Waals surface area contributed by atoms with Crippen LogP contribution in [0, 0.1) is 0 Å². The maximum absolute atomic E-state index is 5.75. The SMILES string of the molecule is Nc1cccc(Nc2ccc3ncccc3c2)c1. The number of hydrogen-bond donors (Lipinski definition) is 2. The van der Waals surface area contributed by atoms with Crippen molar-refractivity contribution < 1.29 is 0 Å². The zero-order valence-electron chi connectivity index (χ0n) is 9.80. The number of nitrogens with one attached hydrogen (secondary N) is 1. The van der Waals surface area contributed by atoms with Crippen LogP contribution < -0.4 is 11.1 Å². The molecule has 0 saturated carbocycles. The Kier molecular flexibility index (Phi) is 2.57. The summed E-state index contributed by atoms with van der Waals surface area (Å²) in [4.78, 5) is 4.30. The Morgan fingerprint density at radius 1 is 0.889 bits per heavy atom. The van der Waals surface area contributed by atoms with Gasteiger partial charge in [-0.15, -0.1) is 0 Å². The molecule has 18 heavy (non-hydrogen) atoms. The molecule has 0 unspecified atom stereocenters. The first kappa shape index (κ1) is 10.6. The van der Waals surface area contributed by atoms with Crippen LogP contribution in [0.2, 0.25) is 0 Å². The zero-order chi connectivity index (χ0) is 12.4. The predicted octanol–water partition coefficient (Wildman–Crippen LogP) is 3.56. The third kappa shape index (κ3) is 2.11. The van der Waals surface area contributed by atoms with E-state index in [4.69, 9.17) is 5.73 Å². The Bertz CT molecular complexity index is 692. The molecular formula is C15H13N3. The van der Waals surface area contributed by atoms with Gasteiger partial charge < -0.3 is 11.1 Å². The molecule has 0 fully saturated rings. The molecule has 0 spiro atoms. The van der Waals surface area contributed by atoms with Crippen LogP contribution in [0.3, 0.4) is 0 Å². The third-order valence-corrected chi connectivity index (χ3v) is 2.78. The Labute approximate surface area is 105 Å². The lowest BCUT2D eigenvalue weighted by molar-refractivity contribution is 1.41. The van der Waals surface area contributed by atoms with Gasteiger partial charge in [0, 0.05) is 28.6 Å². The van der Waals surface area contributed by atoms with E-state index in [9.17, 15) is 0 Å². The summed E-state index contributed by atoms with van der Waals surface area (Å²) in [6, 6.07) is 17.8. The lowest BCUT2D eigenvalue weighted by Crippen LogP contribution is -1.92. The number of anilines is 3. The molecule has 0 bridgehead atoms. The minimum atomic E-state index is 0.752. The largest absolute Gasteiger partial charge is 0.399 e. The molecule has 3 heteroatoms. The first-order valence-electron chi connectivity index (χ1n) is 5.79. The first-order valence-corrected chi connectivity index (χ1v) is 5.79. The summed E-state index contributed by atoms with van der Waals surface area (Å²) in [6.07, 6.45) is 1.80. The zero-order valence-corrected chi connectivity index (χ0v) is 9.80. The lowest BCUT2D eigenvalue weighted by Gasteiger charge is -2.08. The number of nitrogens with two attached hydrogens (primary N) is 1. The number of rotatable bonds is 2. The van der Waals surface area contributed by atoms with Crippen LogP contribution in [0.15, 0.2) is 60.8 Å². The van der Waals surface area contributed by atoms with E-state index in [1.807, 2.05) is 48.5 Å². The summed E-state index contributed by atoms with van der Waals surface area (Å²) in [5.41, 5.74) is 9.51. The average molecular weight is 235 g/mol. The van der Waals surface area contributed by atoms with Crippen LogP contribution in [0.4, 0.5) is 17.1 Å². The molecule has 3 nitrogen and oxygen atoms in total. The van der Waals surface area contributed by atoms with Crippen molar-refractivity contribution in [3.8, 4) is 0 Å². The van der Waals surface area contributed by atoms with Crippen molar-refractivity contribution in [1.82, 2.24) is 4.98 Å². The normalized spacial score (nSPS) is 10.4. The third-order valence-electron chi connectivity index (χ3n) is 2.78. The molecule has 3 aromatic rings. The maximum atomic E-state index is 5.75. The van der Waals surface area contributed by atoms with E-state index in [0.29, 0.717) is 0 Å². The molecule has 3 N–H and O–H groups in total. The molecule has 0 atom stereocenters. The lowest BCUT2D eigenvalue weighted by atomic mass is 10.2. The summed E-state index contributed by atoms with van der Waals surface area (Å²) in [5, 5.41) is 4.45. The van der Waals surface area contributed by atoms with E-state index < -0.39 is 0 Å². The van der Waals surface area contributed by atoms with Crippen molar-refractivity contribution in [1.29, 1.82) is 0 Å². The number of fused-ring (bicyclic) bond motifs is 1. The Morgan fingerprint density at radius 2 is 1.78 bits per heavy atom. The molecular weight excluding hydrogens is 222 g/mol. The summed E-state index contributed by atoms with van der Waals surface area (Å²) in [7, 11) is 0. The number of hydrogen-bond acceptors (Lipinski definition) is 3. The molecule has 1 heterocycles. The fourth-order valence-corrected chi connectivity index (χ4v) is 1.94. The van der Waals surface area contributed by atoms with Gasteiger partial charge in [0.1, 0.15) is 0 Å². The number of aromatic nitrogens is 1. The van der Waals surface area contributed by atoms with E-state index in [-0.39, 0.29) is 0 Å². The number of nitrogens with zero attached hydrogens (tertiary/aromatic N) is 1. The number of benzene rings is 2. The average Bonchev–Trinajstić information content (AvgIpc) is 2.39. The second-order valence-electron chi connectivity index (χ2n) is 4.16. The van der Waals surface area contributed by atoms with Gasteiger partial charge in [-0.2, -0.15) is 0 Å². The van der Waals surface area contributed by atoms with Crippen molar-refractivity contribution in [2.75, 3.05) is 11.1 Å². The fourth-order valence-electron chi connectivity index (χ4n) is 1.94. The minimum absolute atomic E-state index is 0.752. The monoisotopic (exact) mass is 235 g/mol. The smallest absolute Gasteiger partial charge is 0.0703 e. The molecule has 0 amide bonds. The van der Waals surface area contributed by atoms with Crippen LogP contribution in [0.1, 0.15) is 0 Å². The Balaban J connectivity index is 1.95. The first-order chi connectivity index (χ1) is 8.81. The number of pyridine rings is 1. The van der Waals surface area contributed by atoms with Gasteiger partial charge in [0.15, 0.2) is 0 Å². The van der Waals surface area contributed by atoms with Gasteiger partial charge in [-0.3, -0.25) is 4.98 Å². The maximum Gasteiger partial charge on any atom is 0.0703 e. The van der Waals surface area contributed by atoms with Crippen LogP contribution in [0.5, 0.6) is 0 Å². The molecule has 88 valence electrons. The molecule has 1 aromatic heterocycles. The van der Waals surface area contributed by atoms with E-state index in [2.05, 4.69) is 16.4 Å². The summed E-state index contributed by atoms with van der Waals surface area (Å²) in [5.74, 6) is 0. The van der Waals surface area contributed by atoms with Crippen LogP contribution in [-0.2, 0) is 0 Å². The van der Waals surface area contributed by atoms with Gasteiger partial charge >= 0.3 is 0 Å². The second kappa shape index (κ2) is 4.37. The molecule has 0 aliphatic carbocycles. The predicted molar refractivity (Wildman–Crippen MR) is 75.9 cm³/mol. The van der Waals surface area contributed by atoms with Gasteiger partial charge in [-0.1, -0.05) is 12.1 Å². The quantitative estimate of drug-likeness (QED) is 0.668. The molecule has 0 radical (unpaired) electrons. The van der Waals surface area contributed by atoms with Crippen molar-refractivity contribution in [3.63, 3.8) is 0 Å². The van der Waals surface area contributed by atoms with Crippen LogP contribution >= 0.6 is 0 Å². The van der Waals surface area contributed by atoms with E-state index >= 15 is 0 Å². The highest BCUT2D eigenvalue weighted by molar-refractivity contribution is 5.83.